The SMILES string of the molecule is Cc1nc2ccccc2cc1N[C@@H](C)C(=O)OCC(C)C. The lowest BCUT2D eigenvalue weighted by Crippen LogP contribution is -2.29. The van der Waals surface area contributed by atoms with Gasteiger partial charge in [-0.3, -0.25) is 4.98 Å². The average molecular weight is 286 g/mol. The van der Waals surface area contributed by atoms with E-state index in [4.69, 9.17) is 4.74 Å². The second-order valence-electron chi connectivity index (χ2n) is 5.70. The highest BCUT2D eigenvalue weighted by Crippen LogP contribution is 2.21. The van der Waals surface area contributed by atoms with Crippen LogP contribution in [0.5, 0.6) is 0 Å². The molecule has 0 aliphatic carbocycles. The molecule has 0 saturated heterocycles. The molecular weight excluding hydrogens is 264 g/mol. The fraction of sp³-hybridized carbons (Fsp3) is 0.412. The van der Waals surface area contributed by atoms with Crippen LogP contribution in [-0.4, -0.2) is 23.6 Å². The molecule has 0 bridgehead atoms. The van der Waals surface area contributed by atoms with Gasteiger partial charge in [-0.15, -0.1) is 0 Å². The van der Waals surface area contributed by atoms with Crippen molar-refractivity contribution in [2.75, 3.05) is 11.9 Å². The molecule has 112 valence electrons. The maximum Gasteiger partial charge on any atom is 0.328 e. The van der Waals surface area contributed by atoms with E-state index in [9.17, 15) is 4.79 Å². The molecule has 4 heteroatoms. The fourth-order valence-corrected chi connectivity index (χ4v) is 2.02. The van der Waals surface area contributed by atoms with Gasteiger partial charge in [-0.2, -0.15) is 0 Å². The summed E-state index contributed by atoms with van der Waals surface area (Å²) >= 11 is 0. The highest BCUT2D eigenvalue weighted by molar-refractivity contribution is 5.84. The first kappa shape index (κ1) is 15.3. The zero-order valence-electron chi connectivity index (χ0n) is 13.0. The lowest BCUT2D eigenvalue weighted by atomic mass is 10.1. The van der Waals surface area contributed by atoms with Crippen LogP contribution in [0.1, 0.15) is 26.5 Å². The second kappa shape index (κ2) is 6.57. The zero-order valence-corrected chi connectivity index (χ0v) is 13.0. The van der Waals surface area contributed by atoms with E-state index in [1.165, 1.54) is 0 Å². The molecule has 1 heterocycles. The summed E-state index contributed by atoms with van der Waals surface area (Å²) in [5.41, 5.74) is 2.69. The molecule has 0 aliphatic heterocycles. The number of hydrogen-bond acceptors (Lipinski definition) is 4. The van der Waals surface area contributed by atoms with E-state index >= 15 is 0 Å². The molecule has 21 heavy (non-hydrogen) atoms. The fourth-order valence-electron chi connectivity index (χ4n) is 2.02. The third-order valence-electron chi connectivity index (χ3n) is 3.20. The first-order valence-corrected chi connectivity index (χ1v) is 7.27. The predicted molar refractivity (Wildman–Crippen MR) is 85.4 cm³/mol. The van der Waals surface area contributed by atoms with Gasteiger partial charge in [-0.1, -0.05) is 32.0 Å². The minimum absolute atomic E-state index is 0.240. The highest BCUT2D eigenvalue weighted by Gasteiger charge is 2.16. The van der Waals surface area contributed by atoms with E-state index in [1.807, 2.05) is 51.1 Å². The molecule has 0 spiro atoms. The zero-order chi connectivity index (χ0) is 15.4. The molecule has 4 nitrogen and oxygen atoms in total. The van der Waals surface area contributed by atoms with Crippen LogP contribution in [0.15, 0.2) is 30.3 Å². The van der Waals surface area contributed by atoms with Crippen molar-refractivity contribution in [2.45, 2.75) is 33.7 Å². The van der Waals surface area contributed by atoms with E-state index in [2.05, 4.69) is 10.3 Å². The van der Waals surface area contributed by atoms with Crippen LogP contribution in [0, 0.1) is 12.8 Å². The number of nitrogens with one attached hydrogen (secondary N) is 1. The second-order valence-corrected chi connectivity index (χ2v) is 5.70. The third-order valence-corrected chi connectivity index (χ3v) is 3.20. The van der Waals surface area contributed by atoms with E-state index in [0.717, 1.165) is 22.3 Å². The van der Waals surface area contributed by atoms with Gasteiger partial charge in [0.15, 0.2) is 0 Å². The smallest absolute Gasteiger partial charge is 0.328 e. The van der Waals surface area contributed by atoms with Crippen molar-refractivity contribution in [2.24, 2.45) is 5.92 Å². The third kappa shape index (κ3) is 3.94. The van der Waals surface area contributed by atoms with Crippen molar-refractivity contribution in [3.05, 3.63) is 36.0 Å². The van der Waals surface area contributed by atoms with Crippen LogP contribution in [0.25, 0.3) is 10.9 Å². The molecule has 0 amide bonds. The lowest BCUT2D eigenvalue weighted by molar-refractivity contribution is -0.145. The minimum atomic E-state index is -0.398. The summed E-state index contributed by atoms with van der Waals surface area (Å²) in [6, 6.07) is 9.55. The number of ether oxygens (including phenoxy) is 1. The summed E-state index contributed by atoms with van der Waals surface area (Å²) in [5, 5.41) is 4.24. The van der Waals surface area contributed by atoms with Crippen molar-refractivity contribution in [3.63, 3.8) is 0 Å². The molecule has 1 N–H and O–H groups in total. The minimum Gasteiger partial charge on any atom is -0.464 e. The molecule has 0 radical (unpaired) electrons. The van der Waals surface area contributed by atoms with Crippen molar-refractivity contribution in [1.29, 1.82) is 0 Å². The number of aryl methyl sites for hydroxylation is 1. The number of benzene rings is 1. The Kier molecular flexibility index (Phi) is 4.78. The molecule has 0 aliphatic rings. The summed E-state index contributed by atoms with van der Waals surface area (Å²) in [6.07, 6.45) is 0. The number of fused-ring (bicyclic) bond motifs is 1. The van der Waals surface area contributed by atoms with Gasteiger partial charge in [0.05, 0.1) is 23.5 Å². The largest absolute Gasteiger partial charge is 0.464 e. The van der Waals surface area contributed by atoms with E-state index < -0.39 is 6.04 Å². The van der Waals surface area contributed by atoms with E-state index in [0.29, 0.717) is 12.5 Å². The lowest BCUT2D eigenvalue weighted by Gasteiger charge is -2.17. The van der Waals surface area contributed by atoms with Crippen molar-refractivity contribution in [3.8, 4) is 0 Å². The van der Waals surface area contributed by atoms with Gasteiger partial charge >= 0.3 is 5.97 Å². The Morgan fingerprint density at radius 1 is 1.29 bits per heavy atom. The van der Waals surface area contributed by atoms with E-state index in [1.54, 1.807) is 6.92 Å². The number of esters is 1. The molecule has 0 fully saturated rings. The number of anilines is 1. The Morgan fingerprint density at radius 3 is 2.71 bits per heavy atom. The summed E-state index contributed by atoms with van der Waals surface area (Å²) in [5.74, 6) is 0.0986. The normalized spacial score (nSPS) is 12.4. The number of pyridine rings is 1. The standard InChI is InChI=1S/C17H22N2O2/c1-11(2)10-21-17(20)13(4)19-16-9-14-7-5-6-8-15(14)18-12(16)3/h5-9,11,13,19H,10H2,1-4H3/t13-/m0/s1. The number of nitrogens with zero attached hydrogens (tertiary/aromatic N) is 1. The van der Waals surface area contributed by atoms with E-state index in [-0.39, 0.29) is 5.97 Å². The van der Waals surface area contributed by atoms with Crippen LogP contribution < -0.4 is 5.32 Å². The average Bonchev–Trinajstić information content (AvgIpc) is 2.45. The van der Waals surface area contributed by atoms with Crippen LogP contribution in [0.3, 0.4) is 0 Å². The van der Waals surface area contributed by atoms with Gasteiger partial charge in [0.2, 0.25) is 0 Å². The summed E-state index contributed by atoms with van der Waals surface area (Å²) in [4.78, 5) is 16.5. The Hall–Kier alpha value is -2.10. The number of hydrogen-bond donors (Lipinski definition) is 1. The Morgan fingerprint density at radius 2 is 2.00 bits per heavy atom. The number of rotatable bonds is 5. The molecule has 2 aromatic rings. The molecule has 0 unspecified atom stereocenters. The topological polar surface area (TPSA) is 51.2 Å². The summed E-state index contributed by atoms with van der Waals surface area (Å²) in [6.45, 7) is 8.21. The Balaban J connectivity index is 2.11. The van der Waals surface area contributed by atoms with Crippen molar-refractivity contribution < 1.29 is 9.53 Å². The predicted octanol–water partition coefficient (Wildman–Crippen LogP) is 3.54. The highest BCUT2D eigenvalue weighted by atomic mass is 16.5. The van der Waals surface area contributed by atoms with Gasteiger partial charge in [0.25, 0.3) is 0 Å². The molecule has 0 saturated carbocycles. The molecular formula is C17H22N2O2. The first-order valence-electron chi connectivity index (χ1n) is 7.27. The maximum atomic E-state index is 11.9. The summed E-state index contributed by atoms with van der Waals surface area (Å²) < 4.78 is 5.24. The van der Waals surface area contributed by atoms with Crippen molar-refractivity contribution >= 4 is 22.6 Å². The number of aromatic nitrogens is 1. The molecule has 1 aromatic heterocycles. The quantitative estimate of drug-likeness (QED) is 0.854. The van der Waals surface area contributed by atoms with Crippen LogP contribution in [0.4, 0.5) is 5.69 Å². The number of carbonyl (C=O) groups excluding carboxylic acids is 1. The van der Waals surface area contributed by atoms with Gasteiger partial charge < -0.3 is 10.1 Å². The molecule has 1 atom stereocenters. The Bertz CT molecular complexity index is 638. The number of para-hydroxylation sites is 1. The Labute approximate surface area is 125 Å². The first-order chi connectivity index (χ1) is 9.97. The van der Waals surface area contributed by atoms with Crippen LogP contribution in [-0.2, 0) is 9.53 Å². The number of carbonyl (C=O) groups is 1. The van der Waals surface area contributed by atoms with Gasteiger partial charge in [0.1, 0.15) is 6.04 Å². The van der Waals surface area contributed by atoms with Gasteiger partial charge in [0, 0.05) is 5.39 Å². The molecule has 2 rings (SSSR count). The van der Waals surface area contributed by atoms with Crippen LogP contribution in [0.2, 0.25) is 0 Å². The summed E-state index contributed by atoms with van der Waals surface area (Å²) in [7, 11) is 0. The maximum absolute atomic E-state index is 11.9. The molecule has 1 aromatic carbocycles. The van der Waals surface area contributed by atoms with Crippen molar-refractivity contribution in [1.82, 2.24) is 4.98 Å². The monoisotopic (exact) mass is 286 g/mol. The van der Waals surface area contributed by atoms with Crippen LogP contribution >= 0.6 is 0 Å². The van der Waals surface area contributed by atoms with Gasteiger partial charge in [-0.05, 0) is 31.9 Å². The van der Waals surface area contributed by atoms with Gasteiger partial charge in [-0.25, -0.2) is 4.79 Å².